The number of halogens is 1. The van der Waals surface area contributed by atoms with Crippen LogP contribution in [0, 0.1) is 5.82 Å². The summed E-state index contributed by atoms with van der Waals surface area (Å²) >= 11 is 0. The lowest BCUT2D eigenvalue weighted by atomic mass is 9.81. The first-order chi connectivity index (χ1) is 10.7. The van der Waals surface area contributed by atoms with Crippen molar-refractivity contribution in [3.63, 3.8) is 0 Å². The van der Waals surface area contributed by atoms with Gasteiger partial charge >= 0.3 is 7.12 Å². The molecule has 0 bridgehead atoms. The van der Waals surface area contributed by atoms with Crippen molar-refractivity contribution in [3.8, 4) is 0 Å². The first-order valence-corrected chi connectivity index (χ1v) is 7.94. The van der Waals surface area contributed by atoms with Gasteiger partial charge < -0.3 is 14.6 Å². The highest BCUT2D eigenvalue weighted by Crippen LogP contribution is 2.48. The molecule has 2 heterocycles. The minimum absolute atomic E-state index is 0.0176. The molecule has 2 atom stereocenters. The first kappa shape index (κ1) is 16.4. The molecule has 1 aliphatic carbocycles. The Balaban J connectivity index is 1.52. The van der Waals surface area contributed by atoms with Crippen molar-refractivity contribution in [2.45, 2.75) is 63.6 Å². The van der Waals surface area contributed by atoms with Crippen LogP contribution in [0.5, 0.6) is 0 Å². The van der Waals surface area contributed by atoms with Gasteiger partial charge in [0, 0.05) is 18.1 Å². The van der Waals surface area contributed by atoms with Gasteiger partial charge in [0.1, 0.15) is 5.82 Å². The molecule has 0 spiro atoms. The molecule has 0 aromatic carbocycles. The van der Waals surface area contributed by atoms with Crippen molar-refractivity contribution in [3.05, 3.63) is 29.8 Å². The van der Waals surface area contributed by atoms with E-state index >= 15 is 0 Å². The van der Waals surface area contributed by atoms with E-state index in [1.165, 1.54) is 18.3 Å². The highest BCUT2D eigenvalue weighted by Gasteiger charge is 2.60. The number of pyridine rings is 1. The van der Waals surface area contributed by atoms with Gasteiger partial charge in [-0.2, -0.15) is 0 Å². The van der Waals surface area contributed by atoms with Gasteiger partial charge in [-0.1, -0.05) is 0 Å². The number of hydrogen-bond donors (Lipinski definition) is 1. The molecule has 2 fully saturated rings. The molecule has 0 radical (unpaired) electrons. The van der Waals surface area contributed by atoms with Crippen LogP contribution in [-0.2, 0) is 20.5 Å². The number of hydrogen-bond acceptors (Lipinski definition) is 4. The van der Waals surface area contributed by atoms with Gasteiger partial charge in [-0.05, 0) is 46.2 Å². The molecular formula is C16H22BFN2O3. The maximum absolute atomic E-state index is 13.5. The van der Waals surface area contributed by atoms with E-state index in [1.54, 1.807) is 0 Å². The molecule has 1 aromatic heterocycles. The van der Waals surface area contributed by atoms with Gasteiger partial charge in [0.05, 0.1) is 23.3 Å². The highest BCUT2D eigenvalue weighted by atomic mass is 19.1. The zero-order chi connectivity index (χ0) is 16.8. The molecule has 1 saturated heterocycles. The maximum atomic E-state index is 13.5. The van der Waals surface area contributed by atoms with Gasteiger partial charge in [-0.3, -0.25) is 9.78 Å². The Hall–Kier alpha value is -1.47. The summed E-state index contributed by atoms with van der Waals surface area (Å²) < 4.78 is 25.5. The number of amides is 1. The van der Waals surface area contributed by atoms with E-state index < -0.39 is 5.82 Å². The molecule has 3 rings (SSSR count). The zero-order valence-corrected chi connectivity index (χ0v) is 13.9. The Morgan fingerprint density at radius 2 is 2.04 bits per heavy atom. The standard InChI is InChI=1S/C16H22BFN2O3/c1-15(2)16(3,4)23-17(22-15)10-8-12(10)20-14(21)9-13-11(18)6-5-7-19-13/h5-7,10,12H,8-9H2,1-4H3,(H,20,21)/t10-,12-/m1/s1. The lowest BCUT2D eigenvalue weighted by molar-refractivity contribution is -0.120. The fourth-order valence-electron chi connectivity index (χ4n) is 2.70. The molecule has 5 nitrogen and oxygen atoms in total. The normalized spacial score (nSPS) is 27.8. The summed E-state index contributed by atoms with van der Waals surface area (Å²) in [4.78, 5) is 15.9. The number of rotatable bonds is 4. The van der Waals surface area contributed by atoms with Crippen molar-refractivity contribution in [2.75, 3.05) is 0 Å². The molecule has 1 amide bonds. The lowest BCUT2D eigenvalue weighted by Crippen LogP contribution is -2.41. The Kier molecular flexibility index (Phi) is 3.96. The monoisotopic (exact) mass is 320 g/mol. The van der Waals surface area contributed by atoms with Crippen LogP contribution >= 0.6 is 0 Å². The van der Waals surface area contributed by atoms with Crippen molar-refractivity contribution >= 4 is 13.0 Å². The van der Waals surface area contributed by atoms with Gasteiger partial charge in [0.25, 0.3) is 0 Å². The van der Waals surface area contributed by atoms with Gasteiger partial charge in [-0.15, -0.1) is 0 Å². The van der Waals surface area contributed by atoms with Crippen LogP contribution in [-0.4, -0.2) is 35.3 Å². The molecule has 23 heavy (non-hydrogen) atoms. The number of carbonyl (C=O) groups is 1. The molecule has 1 aliphatic heterocycles. The van der Waals surface area contributed by atoms with Crippen LogP contribution in [0.3, 0.4) is 0 Å². The fraction of sp³-hybridized carbons (Fsp3) is 0.625. The van der Waals surface area contributed by atoms with E-state index in [0.717, 1.165) is 6.42 Å². The molecule has 1 N–H and O–H groups in total. The highest BCUT2D eigenvalue weighted by molar-refractivity contribution is 6.49. The van der Waals surface area contributed by atoms with Crippen LogP contribution in [0.4, 0.5) is 4.39 Å². The van der Waals surface area contributed by atoms with Gasteiger partial charge in [-0.25, -0.2) is 4.39 Å². The number of nitrogens with one attached hydrogen (secondary N) is 1. The van der Waals surface area contributed by atoms with Crippen LogP contribution < -0.4 is 5.32 Å². The quantitative estimate of drug-likeness (QED) is 0.863. The molecule has 124 valence electrons. The van der Waals surface area contributed by atoms with Crippen LogP contribution in [0.15, 0.2) is 18.3 Å². The van der Waals surface area contributed by atoms with Gasteiger partial charge in [0.2, 0.25) is 5.91 Å². The molecule has 2 aliphatic rings. The number of carbonyl (C=O) groups excluding carboxylic acids is 1. The molecular weight excluding hydrogens is 298 g/mol. The molecule has 1 aromatic rings. The summed E-state index contributed by atoms with van der Waals surface area (Å²) in [6.45, 7) is 8.03. The second kappa shape index (κ2) is 5.56. The van der Waals surface area contributed by atoms with Crippen molar-refractivity contribution in [1.82, 2.24) is 10.3 Å². The van der Waals surface area contributed by atoms with E-state index in [1.807, 2.05) is 27.7 Å². The second-order valence-electron chi connectivity index (χ2n) is 7.31. The largest absolute Gasteiger partial charge is 0.463 e. The molecule has 1 saturated carbocycles. The summed E-state index contributed by atoms with van der Waals surface area (Å²) in [7, 11) is -0.308. The summed E-state index contributed by atoms with van der Waals surface area (Å²) in [6.07, 6.45) is 2.24. The third-order valence-electron chi connectivity index (χ3n) is 4.97. The second-order valence-corrected chi connectivity index (χ2v) is 7.31. The Morgan fingerprint density at radius 1 is 1.39 bits per heavy atom. The zero-order valence-electron chi connectivity index (χ0n) is 13.9. The predicted octanol–water partition coefficient (Wildman–Crippen LogP) is 2.11. The average Bonchev–Trinajstić information content (AvgIpc) is 3.14. The SMILES string of the molecule is CC1(C)OB([C@@H]2C[C@H]2NC(=O)Cc2ncccc2F)OC1(C)C. The number of aromatic nitrogens is 1. The van der Waals surface area contributed by atoms with Gasteiger partial charge in [0.15, 0.2) is 0 Å². The predicted molar refractivity (Wildman–Crippen MR) is 84.3 cm³/mol. The Bertz CT molecular complexity index is 607. The van der Waals surface area contributed by atoms with Crippen molar-refractivity contribution in [2.24, 2.45) is 0 Å². The third-order valence-corrected chi connectivity index (χ3v) is 4.97. The summed E-state index contributed by atoms with van der Waals surface area (Å²) in [6, 6.07) is 2.83. The Labute approximate surface area is 136 Å². The summed E-state index contributed by atoms with van der Waals surface area (Å²) in [5.41, 5.74) is -0.574. The topological polar surface area (TPSA) is 60.5 Å². The minimum atomic E-state index is -0.457. The van der Waals surface area contributed by atoms with Crippen LogP contribution in [0.2, 0.25) is 5.82 Å². The van der Waals surface area contributed by atoms with Crippen LogP contribution in [0.25, 0.3) is 0 Å². The minimum Gasteiger partial charge on any atom is -0.403 e. The van der Waals surface area contributed by atoms with Crippen molar-refractivity contribution < 1.29 is 18.5 Å². The Morgan fingerprint density at radius 3 is 2.65 bits per heavy atom. The fourth-order valence-corrected chi connectivity index (χ4v) is 2.70. The summed E-state index contributed by atoms with van der Waals surface area (Å²) in [5, 5.41) is 2.91. The average molecular weight is 320 g/mol. The van der Waals surface area contributed by atoms with Crippen molar-refractivity contribution in [1.29, 1.82) is 0 Å². The van der Waals surface area contributed by atoms with E-state index in [0.29, 0.717) is 0 Å². The molecule has 7 heteroatoms. The van der Waals surface area contributed by atoms with E-state index in [9.17, 15) is 9.18 Å². The maximum Gasteiger partial charge on any atom is 0.463 e. The molecule has 0 unspecified atom stereocenters. The van der Waals surface area contributed by atoms with E-state index in [-0.39, 0.29) is 48.2 Å². The third kappa shape index (κ3) is 3.26. The van der Waals surface area contributed by atoms with E-state index in [4.69, 9.17) is 9.31 Å². The first-order valence-electron chi connectivity index (χ1n) is 7.94. The number of nitrogens with zero attached hydrogens (tertiary/aromatic N) is 1. The van der Waals surface area contributed by atoms with Crippen LogP contribution in [0.1, 0.15) is 39.8 Å². The summed E-state index contributed by atoms with van der Waals surface area (Å²) in [5.74, 6) is -0.541. The smallest absolute Gasteiger partial charge is 0.403 e. The van der Waals surface area contributed by atoms with E-state index in [2.05, 4.69) is 10.3 Å². The lowest BCUT2D eigenvalue weighted by Gasteiger charge is -2.32.